The average Bonchev–Trinajstić information content (AvgIpc) is 2.45. The number of likely N-dealkylation sites (N-methyl/N-ethyl adjacent to an activating group) is 1. The number of halogens is 4. The van der Waals surface area contributed by atoms with Crippen LogP contribution in [0.25, 0.3) is 0 Å². The second-order valence-corrected chi connectivity index (χ2v) is 6.00. The van der Waals surface area contributed by atoms with Crippen LogP contribution in [0.3, 0.4) is 0 Å². The fourth-order valence-electron chi connectivity index (χ4n) is 2.19. The van der Waals surface area contributed by atoms with Crippen molar-refractivity contribution in [2.75, 3.05) is 6.54 Å². The molecule has 0 heterocycles. The Bertz CT molecular complexity index is 634. The summed E-state index contributed by atoms with van der Waals surface area (Å²) < 4.78 is 27.3. The fraction of sp³-hybridized carbons (Fsp3) is 0.250. The normalized spacial score (nSPS) is 12.4. The van der Waals surface area contributed by atoms with Crippen LogP contribution in [0.2, 0.25) is 5.02 Å². The van der Waals surface area contributed by atoms with Crippen molar-refractivity contribution in [2.24, 2.45) is 0 Å². The van der Waals surface area contributed by atoms with Gasteiger partial charge >= 0.3 is 0 Å². The first-order valence-electron chi connectivity index (χ1n) is 6.63. The molecule has 0 amide bonds. The molecule has 0 aromatic heterocycles. The zero-order valence-electron chi connectivity index (χ0n) is 11.5. The summed E-state index contributed by atoms with van der Waals surface area (Å²) in [5.41, 5.74) is 1.74. The summed E-state index contributed by atoms with van der Waals surface area (Å²) in [7, 11) is 0. The van der Waals surface area contributed by atoms with Crippen molar-refractivity contribution in [3.8, 4) is 0 Å². The van der Waals surface area contributed by atoms with Crippen molar-refractivity contribution in [3.05, 3.63) is 68.7 Å². The van der Waals surface area contributed by atoms with Crippen LogP contribution in [0.4, 0.5) is 8.78 Å². The van der Waals surface area contributed by atoms with E-state index in [0.29, 0.717) is 10.9 Å². The van der Waals surface area contributed by atoms with Gasteiger partial charge in [-0.15, -0.1) is 0 Å². The van der Waals surface area contributed by atoms with Crippen LogP contribution in [0.1, 0.15) is 24.1 Å². The standard InChI is InChI=1S/C16H15BrClF2N/c1-2-21-16(11-4-5-12(17)15(20)9-11)8-10-3-6-14(19)13(18)7-10/h3-7,9,16,21H,2,8H2,1H3. The fourth-order valence-corrected chi connectivity index (χ4v) is 2.64. The molecule has 5 heteroatoms. The van der Waals surface area contributed by atoms with Crippen molar-refractivity contribution in [1.82, 2.24) is 5.32 Å². The minimum absolute atomic E-state index is 0.0564. The maximum atomic E-state index is 13.7. The van der Waals surface area contributed by atoms with Crippen LogP contribution >= 0.6 is 27.5 Å². The Morgan fingerprint density at radius 2 is 1.90 bits per heavy atom. The molecule has 0 aliphatic heterocycles. The number of hydrogen-bond donors (Lipinski definition) is 1. The first kappa shape index (κ1) is 16.4. The second kappa shape index (κ2) is 7.34. The van der Waals surface area contributed by atoms with Crippen LogP contribution in [-0.2, 0) is 6.42 Å². The molecule has 2 rings (SSSR count). The predicted molar refractivity (Wildman–Crippen MR) is 85.6 cm³/mol. The predicted octanol–water partition coefficient (Wildman–Crippen LogP) is 5.27. The number of hydrogen-bond acceptors (Lipinski definition) is 1. The molecule has 1 N–H and O–H groups in total. The van der Waals surface area contributed by atoms with Crippen molar-refractivity contribution in [1.29, 1.82) is 0 Å². The Morgan fingerprint density at radius 3 is 2.52 bits per heavy atom. The van der Waals surface area contributed by atoms with E-state index < -0.39 is 5.82 Å². The van der Waals surface area contributed by atoms with Crippen LogP contribution in [0.5, 0.6) is 0 Å². The van der Waals surface area contributed by atoms with Crippen molar-refractivity contribution < 1.29 is 8.78 Å². The third kappa shape index (κ3) is 4.25. The number of benzene rings is 2. The Kier molecular flexibility index (Phi) is 5.73. The number of rotatable bonds is 5. The molecule has 0 fully saturated rings. The smallest absolute Gasteiger partial charge is 0.141 e. The highest BCUT2D eigenvalue weighted by Gasteiger charge is 2.14. The van der Waals surface area contributed by atoms with Gasteiger partial charge in [-0.2, -0.15) is 0 Å². The molecule has 0 saturated heterocycles. The van der Waals surface area contributed by atoms with Gasteiger partial charge in [0, 0.05) is 6.04 Å². The van der Waals surface area contributed by atoms with Crippen molar-refractivity contribution in [2.45, 2.75) is 19.4 Å². The third-order valence-corrected chi connectivity index (χ3v) is 4.15. The van der Waals surface area contributed by atoms with E-state index in [-0.39, 0.29) is 16.9 Å². The Labute approximate surface area is 136 Å². The van der Waals surface area contributed by atoms with Crippen LogP contribution < -0.4 is 5.32 Å². The molecule has 2 aromatic carbocycles. The molecule has 1 atom stereocenters. The largest absolute Gasteiger partial charge is 0.310 e. The molecule has 0 spiro atoms. The van der Waals surface area contributed by atoms with Crippen molar-refractivity contribution >= 4 is 27.5 Å². The van der Waals surface area contributed by atoms with Gasteiger partial charge in [-0.05, 0) is 64.3 Å². The molecular formula is C16H15BrClF2N. The summed E-state index contributed by atoms with van der Waals surface area (Å²) in [5, 5.41) is 3.41. The van der Waals surface area contributed by atoms with Gasteiger partial charge in [0.2, 0.25) is 0 Å². The lowest BCUT2D eigenvalue weighted by Gasteiger charge is -2.19. The maximum Gasteiger partial charge on any atom is 0.141 e. The van der Waals surface area contributed by atoms with Gasteiger partial charge in [0.15, 0.2) is 0 Å². The third-order valence-electron chi connectivity index (χ3n) is 3.22. The molecule has 0 aliphatic carbocycles. The van der Waals surface area contributed by atoms with Gasteiger partial charge in [0.1, 0.15) is 11.6 Å². The first-order valence-corrected chi connectivity index (χ1v) is 7.80. The van der Waals surface area contributed by atoms with E-state index in [0.717, 1.165) is 17.7 Å². The zero-order chi connectivity index (χ0) is 15.4. The van der Waals surface area contributed by atoms with Crippen LogP contribution in [0, 0.1) is 11.6 Å². The van der Waals surface area contributed by atoms with Crippen LogP contribution in [0.15, 0.2) is 40.9 Å². The van der Waals surface area contributed by atoms with E-state index in [2.05, 4.69) is 21.2 Å². The SMILES string of the molecule is CCNC(Cc1ccc(F)c(Cl)c1)c1ccc(Br)c(F)c1. The summed E-state index contributed by atoms with van der Waals surface area (Å²) in [6.07, 6.45) is 0.606. The maximum absolute atomic E-state index is 13.7. The molecule has 1 unspecified atom stereocenters. The highest BCUT2D eigenvalue weighted by molar-refractivity contribution is 9.10. The van der Waals surface area contributed by atoms with E-state index in [1.54, 1.807) is 18.2 Å². The molecule has 1 nitrogen and oxygen atoms in total. The molecule has 0 aliphatic rings. The molecule has 21 heavy (non-hydrogen) atoms. The van der Waals surface area contributed by atoms with E-state index in [9.17, 15) is 8.78 Å². The first-order chi connectivity index (χ1) is 10.0. The van der Waals surface area contributed by atoms with Gasteiger partial charge < -0.3 is 5.32 Å². The number of nitrogens with one attached hydrogen (secondary N) is 1. The molecule has 0 bridgehead atoms. The molecule has 0 saturated carbocycles. The highest BCUT2D eigenvalue weighted by atomic mass is 79.9. The monoisotopic (exact) mass is 373 g/mol. The lowest BCUT2D eigenvalue weighted by molar-refractivity contribution is 0.541. The van der Waals surface area contributed by atoms with Crippen LogP contribution in [-0.4, -0.2) is 6.54 Å². The van der Waals surface area contributed by atoms with E-state index in [4.69, 9.17) is 11.6 Å². The van der Waals surface area contributed by atoms with Gasteiger partial charge in [0.25, 0.3) is 0 Å². The minimum atomic E-state index is -0.435. The second-order valence-electron chi connectivity index (χ2n) is 4.74. The van der Waals surface area contributed by atoms with Crippen molar-refractivity contribution in [3.63, 3.8) is 0 Å². The topological polar surface area (TPSA) is 12.0 Å². The van der Waals surface area contributed by atoms with E-state index in [1.807, 2.05) is 13.0 Å². The Balaban J connectivity index is 2.25. The summed E-state index contributed by atoms with van der Waals surface area (Å²) in [6, 6.07) is 9.65. The average molecular weight is 375 g/mol. The lowest BCUT2D eigenvalue weighted by Crippen LogP contribution is -2.23. The molecule has 2 aromatic rings. The summed E-state index contributed by atoms with van der Waals surface area (Å²) in [4.78, 5) is 0. The van der Waals surface area contributed by atoms with Gasteiger partial charge in [0.05, 0.1) is 9.50 Å². The lowest BCUT2D eigenvalue weighted by atomic mass is 9.98. The van der Waals surface area contributed by atoms with E-state index >= 15 is 0 Å². The highest BCUT2D eigenvalue weighted by Crippen LogP contribution is 2.25. The summed E-state index contributed by atoms with van der Waals surface area (Å²) >= 11 is 8.95. The molecule has 0 radical (unpaired) electrons. The summed E-state index contributed by atoms with van der Waals surface area (Å²) in [6.45, 7) is 2.73. The van der Waals surface area contributed by atoms with Gasteiger partial charge in [-0.25, -0.2) is 8.78 Å². The minimum Gasteiger partial charge on any atom is -0.310 e. The van der Waals surface area contributed by atoms with Gasteiger partial charge in [-0.3, -0.25) is 0 Å². The zero-order valence-corrected chi connectivity index (χ0v) is 13.8. The Morgan fingerprint density at radius 1 is 1.14 bits per heavy atom. The Hall–Kier alpha value is -0.970. The van der Waals surface area contributed by atoms with E-state index in [1.165, 1.54) is 12.1 Å². The molecule has 112 valence electrons. The van der Waals surface area contributed by atoms with Gasteiger partial charge in [-0.1, -0.05) is 30.7 Å². The summed E-state index contributed by atoms with van der Waals surface area (Å²) in [5.74, 6) is -0.734. The quantitative estimate of drug-likeness (QED) is 0.751. The molecular weight excluding hydrogens is 360 g/mol.